The topological polar surface area (TPSA) is 36.9 Å². The fraction of sp³-hybridized carbons (Fsp3) is 0.923. The molecule has 0 spiro atoms. The SMILES string of the molecule is CCN(CC1CCCO1)C1=NCC(C)(C)CN1. The summed E-state index contributed by atoms with van der Waals surface area (Å²) in [7, 11) is 0. The van der Waals surface area contributed by atoms with Gasteiger partial charge < -0.3 is 15.0 Å². The van der Waals surface area contributed by atoms with Crippen LogP contribution in [0.4, 0.5) is 0 Å². The zero-order chi connectivity index (χ0) is 12.3. The molecule has 0 aliphatic carbocycles. The number of hydrogen-bond acceptors (Lipinski definition) is 4. The van der Waals surface area contributed by atoms with Gasteiger partial charge in [-0.05, 0) is 19.8 Å². The van der Waals surface area contributed by atoms with Gasteiger partial charge in [0.15, 0.2) is 5.96 Å². The Morgan fingerprint density at radius 2 is 2.35 bits per heavy atom. The molecule has 1 fully saturated rings. The van der Waals surface area contributed by atoms with Crippen molar-refractivity contribution in [3.05, 3.63) is 0 Å². The number of aliphatic imine (C=N–C) groups is 1. The summed E-state index contributed by atoms with van der Waals surface area (Å²) in [5.41, 5.74) is 0.284. The number of likely N-dealkylation sites (N-methyl/N-ethyl adjacent to an activating group) is 1. The van der Waals surface area contributed by atoms with Crippen LogP contribution in [0.5, 0.6) is 0 Å². The number of ether oxygens (including phenoxy) is 1. The van der Waals surface area contributed by atoms with Gasteiger partial charge >= 0.3 is 0 Å². The highest BCUT2D eigenvalue weighted by Crippen LogP contribution is 2.18. The molecule has 4 nitrogen and oxygen atoms in total. The van der Waals surface area contributed by atoms with Gasteiger partial charge in [0, 0.05) is 38.2 Å². The van der Waals surface area contributed by atoms with E-state index in [1.807, 2.05) is 0 Å². The Morgan fingerprint density at radius 1 is 1.53 bits per heavy atom. The Hall–Kier alpha value is -0.770. The molecule has 2 aliphatic rings. The molecule has 17 heavy (non-hydrogen) atoms. The minimum absolute atomic E-state index is 0.284. The van der Waals surface area contributed by atoms with E-state index in [0.717, 1.165) is 38.7 Å². The summed E-state index contributed by atoms with van der Waals surface area (Å²) >= 11 is 0. The molecule has 1 saturated heterocycles. The highest BCUT2D eigenvalue weighted by Gasteiger charge is 2.26. The summed E-state index contributed by atoms with van der Waals surface area (Å²) in [4.78, 5) is 6.98. The molecule has 1 N–H and O–H groups in total. The van der Waals surface area contributed by atoms with Crippen LogP contribution in [0.25, 0.3) is 0 Å². The van der Waals surface area contributed by atoms with Gasteiger partial charge in [0.05, 0.1) is 6.10 Å². The first-order chi connectivity index (χ1) is 8.11. The number of guanidine groups is 1. The molecule has 4 heteroatoms. The minimum atomic E-state index is 0.284. The molecule has 0 aromatic carbocycles. The van der Waals surface area contributed by atoms with Gasteiger partial charge in [0.25, 0.3) is 0 Å². The van der Waals surface area contributed by atoms with Crippen molar-refractivity contribution < 1.29 is 4.74 Å². The summed E-state index contributed by atoms with van der Waals surface area (Å²) < 4.78 is 5.69. The molecular weight excluding hydrogens is 214 g/mol. The van der Waals surface area contributed by atoms with Gasteiger partial charge in [-0.3, -0.25) is 4.99 Å². The van der Waals surface area contributed by atoms with E-state index in [2.05, 4.69) is 36.0 Å². The molecule has 98 valence electrons. The Kier molecular flexibility index (Phi) is 3.92. The first kappa shape index (κ1) is 12.7. The second-order valence-corrected chi connectivity index (χ2v) is 5.83. The van der Waals surface area contributed by atoms with Crippen LogP contribution in [-0.4, -0.2) is 49.7 Å². The van der Waals surface area contributed by atoms with Crippen molar-refractivity contribution >= 4 is 5.96 Å². The maximum Gasteiger partial charge on any atom is 0.194 e. The zero-order valence-electron chi connectivity index (χ0n) is 11.3. The van der Waals surface area contributed by atoms with Gasteiger partial charge in [-0.15, -0.1) is 0 Å². The molecule has 2 aliphatic heterocycles. The average molecular weight is 239 g/mol. The normalized spacial score (nSPS) is 27.5. The second-order valence-electron chi connectivity index (χ2n) is 5.83. The first-order valence-corrected chi connectivity index (χ1v) is 6.75. The van der Waals surface area contributed by atoms with E-state index in [-0.39, 0.29) is 5.41 Å². The van der Waals surface area contributed by atoms with Crippen LogP contribution in [-0.2, 0) is 4.74 Å². The quantitative estimate of drug-likeness (QED) is 0.810. The monoisotopic (exact) mass is 239 g/mol. The summed E-state index contributed by atoms with van der Waals surface area (Å²) in [5.74, 6) is 1.06. The Balaban J connectivity index is 1.91. The molecule has 0 aromatic heterocycles. The maximum absolute atomic E-state index is 5.69. The molecular formula is C13H25N3O. The molecule has 2 heterocycles. The van der Waals surface area contributed by atoms with Crippen molar-refractivity contribution in [1.82, 2.24) is 10.2 Å². The van der Waals surface area contributed by atoms with Gasteiger partial charge in [-0.2, -0.15) is 0 Å². The third kappa shape index (κ3) is 3.35. The van der Waals surface area contributed by atoms with Crippen molar-refractivity contribution in [1.29, 1.82) is 0 Å². The van der Waals surface area contributed by atoms with Crippen LogP contribution < -0.4 is 5.32 Å². The number of nitrogens with one attached hydrogen (secondary N) is 1. The molecule has 1 unspecified atom stereocenters. The molecule has 0 bridgehead atoms. The standard InChI is InChI=1S/C13H25N3O/c1-4-16(8-11-6-5-7-17-11)12-14-9-13(2,3)10-15-12/h11H,4-10H2,1-3H3,(H,14,15). The van der Waals surface area contributed by atoms with Gasteiger partial charge in [-0.25, -0.2) is 0 Å². The molecule has 2 rings (SSSR count). The predicted molar refractivity (Wildman–Crippen MR) is 70.3 cm³/mol. The van der Waals surface area contributed by atoms with E-state index < -0.39 is 0 Å². The summed E-state index contributed by atoms with van der Waals surface area (Å²) in [5, 5.41) is 3.45. The first-order valence-electron chi connectivity index (χ1n) is 6.75. The van der Waals surface area contributed by atoms with E-state index in [1.165, 1.54) is 12.8 Å². The van der Waals surface area contributed by atoms with E-state index in [1.54, 1.807) is 0 Å². The molecule has 0 aromatic rings. The third-order valence-corrected chi connectivity index (χ3v) is 3.51. The third-order valence-electron chi connectivity index (χ3n) is 3.51. The summed E-state index contributed by atoms with van der Waals surface area (Å²) in [6.45, 7) is 11.5. The minimum Gasteiger partial charge on any atom is -0.376 e. The van der Waals surface area contributed by atoms with E-state index in [0.29, 0.717) is 6.10 Å². The van der Waals surface area contributed by atoms with Crippen molar-refractivity contribution in [3.63, 3.8) is 0 Å². The second kappa shape index (κ2) is 5.25. The zero-order valence-corrected chi connectivity index (χ0v) is 11.3. The van der Waals surface area contributed by atoms with E-state index in [9.17, 15) is 0 Å². The van der Waals surface area contributed by atoms with Gasteiger partial charge in [-0.1, -0.05) is 13.8 Å². The van der Waals surface area contributed by atoms with Crippen LogP contribution in [0.3, 0.4) is 0 Å². The summed E-state index contributed by atoms with van der Waals surface area (Å²) in [6, 6.07) is 0. The van der Waals surface area contributed by atoms with E-state index in [4.69, 9.17) is 4.74 Å². The average Bonchev–Trinajstić information content (AvgIpc) is 2.79. The van der Waals surface area contributed by atoms with Crippen molar-refractivity contribution in [2.75, 3.05) is 32.8 Å². The van der Waals surface area contributed by atoms with Crippen LogP contribution >= 0.6 is 0 Å². The van der Waals surface area contributed by atoms with Crippen molar-refractivity contribution in [2.24, 2.45) is 10.4 Å². The highest BCUT2D eigenvalue weighted by atomic mass is 16.5. The Labute approximate surface area is 104 Å². The predicted octanol–water partition coefficient (Wildman–Crippen LogP) is 1.47. The lowest BCUT2D eigenvalue weighted by Crippen LogP contribution is -2.51. The fourth-order valence-corrected chi connectivity index (χ4v) is 2.33. The highest BCUT2D eigenvalue weighted by molar-refractivity contribution is 5.80. The van der Waals surface area contributed by atoms with Crippen molar-refractivity contribution in [2.45, 2.75) is 39.7 Å². The summed E-state index contributed by atoms with van der Waals surface area (Å²) in [6.07, 6.45) is 2.79. The van der Waals surface area contributed by atoms with Crippen LogP contribution in [0.1, 0.15) is 33.6 Å². The number of nitrogens with zero attached hydrogens (tertiary/aromatic N) is 2. The Morgan fingerprint density at radius 3 is 2.88 bits per heavy atom. The lowest BCUT2D eigenvalue weighted by Gasteiger charge is -2.35. The van der Waals surface area contributed by atoms with Gasteiger partial charge in [0.1, 0.15) is 0 Å². The lowest BCUT2D eigenvalue weighted by molar-refractivity contribution is 0.0908. The van der Waals surface area contributed by atoms with Crippen molar-refractivity contribution in [3.8, 4) is 0 Å². The maximum atomic E-state index is 5.69. The van der Waals surface area contributed by atoms with Crippen LogP contribution in [0.2, 0.25) is 0 Å². The number of rotatable bonds is 3. The lowest BCUT2D eigenvalue weighted by atomic mass is 9.93. The van der Waals surface area contributed by atoms with Gasteiger partial charge in [0.2, 0.25) is 0 Å². The molecule has 0 radical (unpaired) electrons. The van der Waals surface area contributed by atoms with Crippen LogP contribution in [0.15, 0.2) is 4.99 Å². The number of hydrogen-bond donors (Lipinski definition) is 1. The Bertz CT molecular complexity index is 282. The molecule has 1 atom stereocenters. The fourth-order valence-electron chi connectivity index (χ4n) is 2.33. The molecule has 0 amide bonds. The largest absolute Gasteiger partial charge is 0.376 e. The smallest absolute Gasteiger partial charge is 0.194 e. The van der Waals surface area contributed by atoms with Crippen LogP contribution in [0, 0.1) is 5.41 Å². The molecule has 0 saturated carbocycles. The van der Waals surface area contributed by atoms with E-state index >= 15 is 0 Å².